The first-order valence-electron chi connectivity index (χ1n) is 8.34. The predicted molar refractivity (Wildman–Crippen MR) is 98.0 cm³/mol. The summed E-state index contributed by atoms with van der Waals surface area (Å²) in [5, 5.41) is -1.03. The molecule has 0 saturated carbocycles. The summed E-state index contributed by atoms with van der Waals surface area (Å²) in [6.07, 6.45) is -7.46. The number of alkyl halides is 13. The van der Waals surface area contributed by atoms with Crippen LogP contribution >= 0.6 is 37.5 Å². The summed E-state index contributed by atoms with van der Waals surface area (Å²) in [6.45, 7) is 2.13. The number of aromatic nitrogens is 2. The Hall–Kier alpha value is -0.780. The molecule has 0 unspecified atom stereocenters. The van der Waals surface area contributed by atoms with Gasteiger partial charge in [-0.2, -0.15) is 57.1 Å². The Kier molecular flexibility index (Phi) is 7.71. The zero-order valence-electron chi connectivity index (χ0n) is 16.5. The average molecular weight is 566 g/mol. The van der Waals surface area contributed by atoms with Crippen molar-refractivity contribution in [2.24, 2.45) is 5.41 Å². The standard InChI is InChI=1S/C15H15F13N2S3/c1-9(2,3)4-29-6(31)7(32)30(8(29)33)5-10(16,17)11(18,19)12(20,21)13(22,23)14(24,25)15(26,27)28/h31-32H,4-5H2,1-3H3. The normalized spacial score (nSPS) is 15.3. The highest BCUT2D eigenvalue weighted by Crippen LogP contribution is 2.60. The van der Waals surface area contributed by atoms with E-state index in [1.54, 1.807) is 20.8 Å². The van der Waals surface area contributed by atoms with Crippen molar-refractivity contribution in [3.05, 3.63) is 4.77 Å². The molecule has 33 heavy (non-hydrogen) atoms. The molecule has 2 nitrogen and oxygen atoms in total. The smallest absolute Gasteiger partial charge is 0.311 e. The highest BCUT2D eigenvalue weighted by atomic mass is 32.1. The highest BCUT2D eigenvalue weighted by Gasteiger charge is 2.90. The third-order valence-corrected chi connectivity index (χ3v) is 5.68. The predicted octanol–water partition coefficient (Wildman–Crippen LogP) is 7.38. The number of hydrogen-bond acceptors (Lipinski definition) is 3. The maximum atomic E-state index is 14.2. The fourth-order valence-corrected chi connectivity index (χ4v) is 3.45. The molecule has 0 radical (unpaired) electrons. The van der Waals surface area contributed by atoms with Gasteiger partial charge >= 0.3 is 35.8 Å². The van der Waals surface area contributed by atoms with Crippen LogP contribution in [0.25, 0.3) is 0 Å². The quantitative estimate of drug-likeness (QED) is 0.199. The van der Waals surface area contributed by atoms with Crippen molar-refractivity contribution in [1.29, 1.82) is 0 Å². The molecule has 1 aromatic rings. The molecule has 0 N–H and O–H groups in total. The van der Waals surface area contributed by atoms with Crippen LogP contribution < -0.4 is 0 Å². The van der Waals surface area contributed by atoms with E-state index in [9.17, 15) is 57.1 Å². The van der Waals surface area contributed by atoms with E-state index in [2.05, 4.69) is 25.3 Å². The van der Waals surface area contributed by atoms with Gasteiger partial charge in [0.15, 0.2) is 4.77 Å². The van der Waals surface area contributed by atoms with E-state index in [0.29, 0.717) is 0 Å². The number of hydrogen-bond donors (Lipinski definition) is 2. The van der Waals surface area contributed by atoms with E-state index in [1.807, 2.05) is 0 Å². The number of thiol groups is 2. The van der Waals surface area contributed by atoms with Gasteiger partial charge in [-0.25, -0.2) is 0 Å². The summed E-state index contributed by atoms with van der Waals surface area (Å²) in [7, 11) is 0. The molecule has 0 atom stereocenters. The maximum absolute atomic E-state index is 14.2. The molecule has 0 aliphatic rings. The van der Waals surface area contributed by atoms with Crippen LogP contribution in [-0.4, -0.2) is 44.9 Å². The largest absolute Gasteiger partial charge is 0.460 e. The summed E-state index contributed by atoms with van der Waals surface area (Å²) in [6, 6.07) is 0. The second-order valence-electron chi connectivity index (χ2n) is 8.16. The summed E-state index contributed by atoms with van der Waals surface area (Å²) in [5.41, 5.74) is -0.632. The van der Waals surface area contributed by atoms with Gasteiger partial charge in [-0.15, -0.1) is 25.3 Å². The van der Waals surface area contributed by atoms with Crippen LogP contribution in [0.3, 0.4) is 0 Å². The monoisotopic (exact) mass is 566 g/mol. The van der Waals surface area contributed by atoms with Crippen molar-refractivity contribution < 1.29 is 57.1 Å². The van der Waals surface area contributed by atoms with Crippen LogP contribution in [0.4, 0.5) is 57.1 Å². The Bertz CT molecular complexity index is 939. The molecule has 18 heteroatoms. The molecule has 1 heterocycles. The Labute approximate surface area is 193 Å². The molecule has 0 aromatic carbocycles. The van der Waals surface area contributed by atoms with Crippen molar-refractivity contribution in [2.75, 3.05) is 0 Å². The van der Waals surface area contributed by atoms with Gasteiger partial charge in [0, 0.05) is 6.54 Å². The first-order chi connectivity index (χ1) is 14.2. The molecular weight excluding hydrogens is 551 g/mol. The van der Waals surface area contributed by atoms with E-state index < -0.39 is 57.5 Å². The fourth-order valence-electron chi connectivity index (χ4n) is 2.43. The average Bonchev–Trinajstić information content (AvgIpc) is 2.76. The van der Waals surface area contributed by atoms with Crippen molar-refractivity contribution in [3.63, 3.8) is 0 Å². The first kappa shape index (κ1) is 30.3. The van der Waals surface area contributed by atoms with Gasteiger partial charge in [0.05, 0.1) is 6.54 Å². The Morgan fingerprint density at radius 1 is 0.606 bits per heavy atom. The third-order valence-electron chi connectivity index (χ3n) is 4.16. The van der Waals surface area contributed by atoms with Crippen molar-refractivity contribution in [3.8, 4) is 0 Å². The number of nitrogens with zero attached hydrogens (tertiary/aromatic N) is 2. The fraction of sp³-hybridized carbons (Fsp3) is 0.800. The SMILES string of the molecule is CC(C)(C)Cn1c(S)c(S)n(CC(F)(F)C(F)(F)C(F)(F)C(F)(F)C(F)(F)C(F)(F)F)c1=S. The summed E-state index contributed by atoms with van der Waals surface area (Å²) < 4.78 is 173. The second kappa shape index (κ2) is 8.41. The zero-order chi connectivity index (χ0) is 26.8. The maximum Gasteiger partial charge on any atom is 0.460 e. The minimum absolute atomic E-state index is 0.0173. The molecule has 0 aliphatic heterocycles. The summed E-state index contributed by atoms with van der Waals surface area (Å²) >= 11 is 12.4. The molecule has 1 aromatic heterocycles. The minimum atomic E-state index is -7.96. The van der Waals surface area contributed by atoms with Crippen LogP contribution in [-0.2, 0) is 13.1 Å². The summed E-state index contributed by atoms with van der Waals surface area (Å²) in [4.78, 5) is 0. The van der Waals surface area contributed by atoms with Crippen LogP contribution in [0.15, 0.2) is 10.1 Å². The van der Waals surface area contributed by atoms with Gasteiger partial charge in [0.1, 0.15) is 10.1 Å². The van der Waals surface area contributed by atoms with E-state index in [0.717, 1.165) is 4.57 Å². The highest BCUT2D eigenvalue weighted by molar-refractivity contribution is 7.83. The molecule has 0 fully saturated rings. The minimum Gasteiger partial charge on any atom is -0.311 e. The van der Waals surface area contributed by atoms with Gasteiger partial charge in [0.25, 0.3) is 0 Å². The van der Waals surface area contributed by atoms with Crippen LogP contribution in [0, 0.1) is 10.2 Å². The lowest BCUT2D eigenvalue weighted by molar-refractivity contribution is -0.440. The molecule has 0 saturated heterocycles. The summed E-state index contributed by atoms with van der Waals surface area (Å²) in [5.74, 6) is -37.3. The molecule has 0 aliphatic carbocycles. The van der Waals surface area contributed by atoms with Crippen molar-refractivity contribution in [2.45, 2.75) is 79.7 Å². The van der Waals surface area contributed by atoms with Gasteiger partial charge in [-0.3, -0.25) is 0 Å². The molecule has 0 amide bonds. The molecule has 0 bridgehead atoms. The number of rotatable bonds is 7. The lowest BCUT2D eigenvalue weighted by Gasteiger charge is -2.39. The van der Waals surface area contributed by atoms with E-state index in [1.165, 1.54) is 0 Å². The van der Waals surface area contributed by atoms with Gasteiger partial charge in [-0.1, -0.05) is 20.8 Å². The van der Waals surface area contributed by atoms with Crippen LogP contribution in [0.5, 0.6) is 0 Å². The molecule has 0 spiro atoms. The van der Waals surface area contributed by atoms with Crippen LogP contribution in [0.2, 0.25) is 0 Å². The van der Waals surface area contributed by atoms with Gasteiger partial charge in [0.2, 0.25) is 0 Å². The van der Waals surface area contributed by atoms with Gasteiger partial charge < -0.3 is 9.13 Å². The third kappa shape index (κ3) is 4.84. The molecular formula is C15H15F13N2S3. The van der Waals surface area contributed by atoms with Crippen molar-refractivity contribution >= 4 is 37.5 Å². The topological polar surface area (TPSA) is 9.86 Å². The Morgan fingerprint density at radius 2 is 0.939 bits per heavy atom. The first-order valence-corrected chi connectivity index (χ1v) is 9.64. The second-order valence-corrected chi connectivity index (χ2v) is 9.37. The Balaban J connectivity index is 3.58. The molecule has 1 rings (SSSR count). The van der Waals surface area contributed by atoms with Crippen LogP contribution in [0.1, 0.15) is 20.8 Å². The van der Waals surface area contributed by atoms with Crippen molar-refractivity contribution in [1.82, 2.24) is 9.13 Å². The van der Waals surface area contributed by atoms with E-state index in [-0.39, 0.29) is 16.1 Å². The molecule has 194 valence electrons. The number of halogens is 13. The Morgan fingerprint density at radius 3 is 1.27 bits per heavy atom. The lowest BCUT2D eigenvalue weighted by Crippen LogP contribution is -2.70. The zero-order valence-corrected chi connectivity index (χ0v) is 19.1. The van der Waals surface area contributed by atoms with E-state index >= 15 is 0 Å². The number of imidazole rings is 1. The lowest BCUT2D eigenvalue weighted by atomic mass is 9.94. The van der Waals surface area contributed by atoms with E-state index in [4.69, 9.17) is 12.2 Å². The van der Waals surface area contributed by atoms with Gasteiger partial charge in [-0.05, 0) is 17.6 Å².